The quantitative estimate of drug-likeness (QED) is 0.0972. The molecule has 4 N–H and O–H groups in total. The maximum Gasteiger partial charge on any atom is 0.408 e. The second-order valence-electron chi connectivity index (χ2n) is 13.1. The minimum atomic E-state index is -1.29. The highest BCUT2D eigenvalue weighted by molar-refractivity contribution is 6.38. The Morgan fingerprint density at radius 1 is 0.756 bits per heavy atom. The molecule has 13 heteroatoms. The first-order chi connectivity index (χ1) is 20.8. The number of nitrogens with one attached hydrogen (secondary N) is 4. The van der Waals surface area contributed by atoms with Crippen LogP contribution in [0.4, 0.5) is 9.59 Å². The Morgan fingerprint density at radius 2 is 1.36 bits per heavy atom. The third-order valence-electron chi connectivity index (χ3n) is 5.84. The number of ketones is 1. The van der Waals surface area contributed by atoms with Gasteiger partial charge in [-0.05, 0) is 79.2 Å². The maximum atomic E-state index is 13.2. The minimum Gasteiger partial charge on any atom is -0.458 e. The first-order valence-electron chi connectivity index (χ1n) is 15.1. The van der Waals surface area contributed by atoms with Gasteiger partial charge in [-0.2, -0.15) is 0 Å². The van der Waals surface area contributed by atoms with E-state index in [1.54, 1.807) is 65.8 Å². The van der Waals surface area contributed by atoms with Crippen LogP contribution in [0.5, 0.6) is 0 Å². The minimum absolute atomic E-state index is 0.00772. The fourth-order valence-corrected chi connectivity index (χ4v) is 3.85. The molecule has 0 radical (unpaired) electrons. The molecule has 0 aromatic heterocycles. The van der Waals surface area contributed by atoms with Crippen molar-refractivity contribution in [2.45, 2.75) is 118 Å². The Labute approximate surface area is 265 Å². The Hall–Kier alpha value is -4.16. The van der Waals surface area contributed by atoms with Gasteiger partial charge in [0.2, 0.25) is 11.7 Å². The van der Waals surface area contributed by atoms with Crippen LogP contribution in [-0.4, -0.2) is 71.6 Å². The Kier molecular flexibility index (Phi) is 15.5. The van der Waals surface area contributed by atoms with Crippen LogP contribution in [0.2, 0.25) is 0 Å². The van der Waals surface area contributed by atoms with E-state index in [4.69, 9.17) is 14.2 Å². The topological polar surface area (TPSA) is 178 Å². The molecule has 45 heavy (non-hydrogen) atoms. The summed E-state index contributed by atoms with van der Waals surface area (Å²) in [5.74, 6) is -3.46. The molecule has 0 aliphatic rings. The predicted octanol–water partition coefficient (Wildman–Crippen LogP) is 3.53. The van der Waals surface area contributed by atoms with E-state index in [0.717, 1.165) is 5.56 Å². The van der Waals surface area contributed by atoms with E-state index in [9.17, 15) is 28.8 Å². The van der Waals surface area contributed by atoms with Gasteiger partial charge >= 0.3 is 18.2 Å². The molecule has 1 rings (SSSR count). The summed E-state index contributed by atoms with van der Waals surface area (Å²) in [7, 11) is 0. The summed E-state index contributed by atoms with van der Waals surface area (Å²) in [6.45, 7) is 15.4. The SMILES string of the molecule is CC(C)C[C@H](NC(=O)C(=O)[C@H](C)NC(=O)[C@H](CCCNC(=O)OC(C)(C)C)NC(=O)OCc1ccccc1)C(=O)OC(C)(C)C. The van der Waals surface area contributed by atoms with Crippen molar-refractivity contribution in [2.24, 2.45) is 5.92 Å². The second kappa shape index (κ2) is 18.0. The van der Waals surface area contributed by atoms with E-state index in [0.29, 0.717) is 0 Å². The number of benzene rings is 1. The molecule has 0 heterocycles. The van der Waals surface area contributed by atoms with Crippen molar-refractivity contribution in [2.75, 3.05) is 6.54 Å². The molecule has 13 nitrogen and oxygen atoms in total. The maximum absolute atomic E-state index is 13.2. The van der Waals surface area contributed by atoms with E-state index in [1.165, 1.54) is 6.92 Å². The molecule has 4 amide bonds. The second-order valence-corrected chi connectivity index (χ2v) is 13.1. The zero-order chi connectivity index (χ0) is 34.4. The molecule has 1 aromatic carbocycles. The van der Waals surface area contributed by atoms with Crippen LogP contribution in [0.25, 0.3) is 0 Å². The first kappa shape index (κ1) is 38.9. The number of carbonyl (C=O) groups is 6. The fraction of sp³-hybridized carbons (Fsp3) is 0.625. The summed E-state index contributed by atoms with van der Waals surface area (Å²) in [6, 6.07) is 5.42. The number of alkyl carbamates (subject to hydrolysis) is 2. The molecule has 0 saturated heterocycles. The Bertz CT molecular complexity index is 1160. The lowest BCUT2D eigenvalue weighted by Crippen LogP contribution is -2.54. The van der Waals surface area contributed by atoms with Crippen molar-refractivity contribution in [1.29, 1.82) is 0 Å². The molecule has 0 bridgehead atoms. The van der Waals surface area contributed by atoms with Gasteiger partial charge in [0.1, 0.15) is 29.9 Å². The van der Waals surface area contributed by atoms with Crippen LogP contribution < -0.4 is 21.3 Å². The monoisotopic (exact) mass is 634 g/mol. The van der Waals surface area contributed by atoms with Gasteiger partial charge in [-0.25, -0.2) is 14.4 Å². The highest BCUT2D eigenvalue weighted by atomic mass is 16.6. The van der Waals surface area contributed by atoms with Gasteiger partial charge in [0.25, 0.3) is 5.91 Å². The lowest BCUT2D eigenvalue weighted by Gasteiger charge is -2.26. The molecule has 1 aromatic rings. The number of esters is 1. The molecule has 3 atom stereocenters. The summed E-state index contributed by atoms with van der Waals surface area (Å²) in [5.41, 5.74) is -0.745. The molecule has 0 fully saturated rings. The predicted molar refractivity (Wildman–Crippen MR) is 167 cm³/mol. The number of amides is 4. The van der Waals surface area contributed by atoms with Crippen molar-refractivity contribution < 1.29 is 43.0 Å². The normalized spacial score (nSPS) is 13.5. The van der Waals surface area contributed by atoms with Crippen LogP contribution >= 0.6 is 0 Å². The molecule has 0 spiro atoms. The third kappa shape index (κ3) is 17.1. The summed E-state index contributed by atoms with van der Waals surface area (Å²) >= 11 is 0. The summed E-state index contributed by atoms with van der Waals surface area (Å²) in [4.78, 5) is 76.1. The van der Waals surface area contributed by atoms with Gasteiger partial charge in [0.15, 0.2) is 0 Å². The van der Waals surface area contributed by atoms with E-state index in [2.05, 4.69) is 21.3 Å². The number of carbonyl (C=O) groups excluding carboxylic acids is 6. The number of hydrogen-bond acceptors (Lipinski definition) is 9. The molecular weight excluding hydrogens is 584 g/mol. The molecular formula is C32H50N4O9. The van der Waals surface area contributed by atoms with Gasteiger partial charge in [-0.15, -0.1) is 0 Å². The van der Waals surface area contributed by atoms with Crippen LogP contribution in [0.15, 0.2) is 30.3 Å². The van der Waals surface area contributed by atoms with E-state index >= 15 is 0 Å². The van der Waals surface area contributed by atoms with Crippen LogP contribution in [0, 0.1) is 5.92 Å². The highest BCUT2D eigenvalue weighted by Gasteiger charge is 2.32. The van der Waals surface area contributed by atoms with Gasteiger partial charge in [0.05, 0.1) is 6.04 Å². The summed E-state index contributed by atoms with van der Waals surface area (Å²) in [6.07, 6.45) is -0.949. The number of ether oxygens (including phenoxy) is 3. The number of Topliss-reactive ketones (excluding diaryl/α,β-unsaturated/α-hetero) is 1. The average molecular weight is 635 g/mol. The van der Waals surface area contributed by atoms with Crippen molar-refractivity contribution in [3.63, 3.8) is 0 Å². The van der Waals surface area contributed by atoms with Crippen LogP contribution in [-0.2, 0) is 40.0 Å². The molecule has 0 unspecified atom stereocenters. The van der Waals surface area contributed by atoms with E-state index in [1.807, 2.05) is 19.9 Å². The van der Waals surface area contributed by atoms with Gasteiger partial charge in [-0.3, -0.25) is 14.4 Å². The summed E-state index contributed by atoms with van der Waals surface area (Å²) < 4.78 is 15.8. The molecule has 252 valence electrons. The Balaban J connectivity index is 2.89. The zero-order valence-electron chi connectivity index (χ0n) is 27.9. The average Bonchev–Trinajstić information content (AvgIpc) is 2.91. The van der Waals surface area contributed by atoms with Crippen molar-refractivity contribution in [1.82, 2.24) is 21.3 Å². The van der Waals surface area contributed by atoms with Gasteiger partial charge in [0, 0.05) is 6.54 Å². The largest absolute Gasteiger partial charge is 0.458 e. The van der Waals surface area contributed by atoms with Gasteiger partial charge < -0.3 is 35.5 Å². The van der Waals surface area contributed by atoms with Crippen molar-refractivity contribution in [3.05, 3.63) is 35.9 Å². The van der Waals surface area contributed by atoms with Crippen LogP contribution in [0.1, 0.15) is 87.1 Å². The lowest BCUT2D eigenvalue weighted by molar-refractivity contribution is -0.159. The van der Waals surface area contributed by atoms with Gasteiger partial charge in [-0.1, -0.05) is 44.2 Å². The lowest BCUT2D eigenvalue weighted by atomic mass is 10.0. The van der Waals surface area contributed by atoms with Crippen LogP contribution in [0.3, 0.4) is 0 Å². The zero-order valence-corrected chi connectivity index (χ0v) is 27.9. The molecule has 0 aliphatic heterocycles. The van der Waals surface area contributed by atoms with E-state index < -0.39 is 65.1 Å². The summed E-state index contributed by atoms with van der Waals surface area (Å²) in [5, 5.41) is 9.95. The van der Waals surface area contributed by atoms with Crippen molar-refractivity contribution in [3.8, 4) is 0 Å². The Morgan fingerprint density at radius 3 is 1.91 bits per heavy atom. The van der Waals surface area contributed by atoms with E-state index in [-0.39, 0.29) is 38.3 Å². The highest BCUT2D eigenvalue weighted by Crippen LogP contribution is 2.13. The molecule has 0 saturated carbocycles. The number of rotatable bonds is 15. The third-order valence-corrected chi connectivity index (χ3v) is 5.84. The molecule has 0 aliphatic carbocycles. The first-order valence-corrected chi connectivity index (χ1v) is 15.1. The number of hydrogen-bond donors (Lipinski definition) is 4. The van der Waals surface area contributed by atoms with Crippen molar-refractivity contribution >= 4 is 35.8 Å². The standard InChI is InChI=1S/C32H50N4O9/c1-20(2)18-24(28(40)44-31(4,5)6)35-27(39)25(37)21(3)34-26(38)23(16-13-17-33-29(41)45-32(7,8)9)36-30(42)43-19-22-14-11-10-12-15-22/h10-12,14-15,20-21,23-24H,13,16-19H2,1-9H3,(H,33,41)(H,34,38)(H,35,39)(H,36,42)/t21-,23-,24-/m0/s1. The fourth-order valence-electron chi connectivity index (χ4n) is 3.85. The smallest absolute Gasteiger partial charge is 0.408 e.